The third kappa shape index (κ3) is 6.64. The molecule has 0 fully saturated rings. The van der Waals surface area contributed by atoms with Crippen molar-refractivity contribution in [1.82, 2.24) is 19.5 Å². The van der Waals surface area contributed by atoms with E-state index in [1.165, 1.54) is 12.1 Å². The van der Waals surface area contributed by atoms with E-state index in [0.29, 0.717) is 43.6 Å². The summed E-state index contributed by atoms with van der Waals surface area (Å²) in [6.45, 7) is 1.41. The molecule has 168 valence electrons. The maximum atomic E-state index is 11.6. The normalized spacial score (nSPS) is 11.0. The Kier molecular flexibility index (Phi) is 7.27. The highest BCUT2D eigenvalue weighted by molar-refractivity contribution is 5.19. The Bertz CT molecular complexity index is 1040. The molecule has 33 heavy (non-hydrogen) atoms. The highest BCUT2D eigenvalue weighted by Gasteiger charge is 2.35. The maximum absolute atomic E-state index is 11.6. The van der Waals surface area contributed by atoms with Gasteiger partial charge in [-0.2, -0.15) is 0 Å². The molecule has 0 aliphatic carbocycles. The maximum Gasteiger partial charge on any atom is 0.181 e. The highest BCUT2D eigenvalue weighted by atomic mass is 16.5. The van der Waals surface area contributed by atoms with E-state index in [4.69, 9.17) is 14.2 Å². The molecule has 0 radical (unpaired) electrons. The molecule has 4 rings (SSSR count). The lowest BCUT2D eigenvalue weighted by Crippen LogP contribution is -2.44. The van der Waals surface area contributed by atoms with Crippen LogP contribution >= 0.6 is 0 Å². The van der Waals surface area contributed by atoms with Crippen molar-refractivity contribution < 1.29 is 14.2 Å². The van der Waals surface area contributed by atoms with Crippen LogP contribution in [0.25, 0.3) is 0 Å². The zero-order valence-electron chi connectivity index (χ0n) is 18.0. The first-order valence-corrected chi connectivity index (χ1v) is 10.5. The number of rotatable bonds is 11. The van der Waals surface area contributed by atoms with Crippen molar-refractivity contribution in [1.29, 1.82) is 0 Å². The average molecular weight is 444 g/mol. The summed E-state index contributed by atoms with van der Waals surface area (Å²) < 4.78 is 20.4. The first-order chi connectivity index (χ1) is 16.2. The molecular weight excluding hydrogens is 420 g/mol. The lowest BCUT2D eigenvalue weighted by atomic mass is 9.90. The minimum absolute atomic E-state index is 0.0500. The molecule has 0 spiro atoms. The molecule has 4 heterocycles. The van der Waals surface area contributed by atoms with Gasteiger partial charge >= 0.3 is 0 Å². The first kappa shape index (κ1) is 22.0. The van der Waals surface area contributed by atoms with Crippen LogP contribution < -0.4 is 19.6 Å². The van der Waals surface area contributed by atoms with Gasteiger partial charge in [0.25, 0.3) is 0 Å². The molecule has 4 aromatic heterocycles. The van der Waals surface area contributed by atoms with Gasteiger partial charge in [-0.3, -0.25) is 19.7 Å². The SMILES string of the molecule is O=c1ccn(CC(COc2ccncc2)(COc2ccncc2)COc2ccncc2)cc1. The molecule has 0 aliphatic heterocycles. The minimum Gasteiger partial charge on any atom is -0.493 e. The van der Waals surface area contributed by atoms with E-state index >= 15 is 0 Å². The second-order valence-electron chi connectivity index (χ2n) is 7.62. The van der Waals surface area contributed by atoms with E-state index in [0.717, 1.165) is 0 Å². The smallest absolute Gasteiger partial charge is 0.181 e. The lowest BCUT2D eigenvalue weighted by Gasteiger charge is -2.34. The van der Waals surface area contributed by atoms with Gasteiger partial charge in [0.15, 0.2) is 5.43 Å². The van der Waals surface area contributed by atoms with Crippen LogP contribution in [0.3, 0.4) is 0 Å². The van der Waals surface area contributed by atoms with E-state index in [1.807, 2.05) is 4.57 Å². The fourth-order valence-corrected chi connectivity index (χ4v) is 3.21. The molecule has 0 atom stereocenters. The van der Waals surface area contributed by atoms with Gasteiger partial charge in [0, 0.05) is 68.3 Å². The van der Waals surface area contributed by atoms with E-state index in [1.54, 1.807) is 86.0 Å². The van der Waals surface area contributed by atoms with Gasteiger partial charge < -0.3 is 18.8 Å². The standard InChI is InChI=1S/C25H24N4O4/c30-21-7-15-29(16-8-21)17-25(18-31-22-1-9-26-10-2-22,19-32-23-3-11-27-12-4-23)20-33-24-5-13-28-14-6-24/h1-16H,17-20H2. The van der Waals surface area contributed by atoms with Crippen molar-refractivity contribution in [3.05, 3.63) is 108 Å². The summed E-state index contributed by atoms with van der Waals surface area (Å²) in [5, 5.41) is 0. The summed E-state index contributed by atoms with van der Waals surface area (Å²) in [5.74, 6) is 2.09. The number of hydrogen-bond donors (Lipinski definition) is 0. The molecule has 8 heteroatoms. The van der Waals surface area contributed by atoms with Crippen LogP contribution in [-0.2, 0) is 6.54 Å². The van der Waals surface area contributed by atoms with Crippen LogP contribution in [0.5, 0.6) is 17.2 Å². The van der Waals surface area contributed by atoms with Gasteiger partial charge in [0.05, 0.1) is 5.41 Å². The Hall–Kier alpha value is -4.20. The van der Waals surface area contributed by atoms with E-state index in [2.05, 4.69) is 15.0 Å². The topological polar surface area (TPSA) is 88.4 Å². The first-order valence-electron chi connectivity index (χ1n) is 10.5. The highest BCUT2D eigenvalue weighted by Crippen LogP contribution is 2.26. The molecule has 0 saturated carbocycles. The Morgan fingerprint density at radius 2 is 0.970 bits per heavy atom. The van der Waals surface area contributed by atoms with E-state index in [9.17, 15) is 4.79 Å². The van der Waals surface area contributed by atoms with Crippen LogP contribution in [0.1, 0.15) is 0 Å². The molecule has 0 saturated heterocycles. The van der Waals surface area contributed by atoms with Crippen molar-refractivity contribution >= 4 is 0 Å². The number of aromatic nitrogens is 4. The van der Waals surface area contributed by atoms with Gasteiger partial charge in [-0.25, -0.2) is 0 Å². The van der Waals surface area contributed by atoms with Crippen LogP contribution in [0.15, 0.2) is 103 Å². The number of pyridine rings is 4. The fraction of sp³-hybridized carbons (Fsp3) is 0.200. The summed E-state index contributed by atoms with van der Waals surface area (Å²) in [6, 6.07) is 13.9. The van der Waals surface area contributed by atoms with Gasteiger partial charge in [-0.15, -0.1) is 0 Å². The van der Waals surface area contributed by atoms with Gasteiger partial charge in [-0.05, 0) is 36.4 Å². The number of nitrogens with zero attached hydrogens (tertiary/aromatic N) is 4. The second kappa shape index (κ2) is 10.9. The Morgan fingerprint density at radius 1 is 0.606 bits per heavy atom. The molecule has 0 unspecified atom stereocenters. The molecule has 4 aromatic rings. The zero-order chi connectivity index (χ0) is 22.8. The van der Waals surface area contributed by atoms with E-state index in [-0.39, 0.29) is 5.43 Å². The summed E-state index contributed by atoms with van der Waals surface area (Å²) >= 11 is 0. The molecule has 0 aromatic carbocycles. The minimum atomic E-state index is -0.606. The zero-order valence-corrected chi connectivity index (χ0v) is 18.0. The molecule has 0 bridgehead atoms. The third-order valence-electron chi connectivity index (χ3n) is 4.96. The van der Waals surface area contributed by atoms with Crippen molar-refractivity contribution in [2.75, 3.05) is 19.8 Å². The van der Waals surface area contributed by atoms with Crippen molar-refractivity contribution in [2.24, 2.45) is 5.41 Å². The summed E-state index contributed by atoms with van der Waals surface area (Å²) in [5.41, 5.74) is -0.656. The third-order valence-corrected chi connectivity index (χ3v) is 4.96. The van der Waals surface area contributed by atoms with Crippen LogP contribution in [0.2, 0.25) is 0 Å². The quantitative estimate of drug-likeness (QED) is 0.351. The molecule has 0 aliphatic rings. The summed E-state index contributed by atoms with van der Waals surface area (Å²) in [6.07, 6.45) is 13.6. The van der Waals surface area contributed by atoms with Crippen molar-refractivity contribution in [2.45, 2.75) is 6.54 Å². The lowest BCUT2D eigenvalue weighted by molar-refractivity contribution is 0.0184. The van der Waals surface area contributed by atoms with Crippen molar-refractivity contribution in [3.8, 4) is 17.2 Å². The van der Waals surface area contributed by atoms with Crippen LogP contribution in [-0.4, -0.2) is 39.3 Å². The van der Waals surface area contributed by atoms with Crippen LogP contribution in [0, 0.1) is 5.41 Å². The summed E-state index contributed by atoms with van der Waals surface area (Å²) in [4.78, 5) is 23.7. The van der Waals surface area contributed by atoms with Gasteiger partial charge in [-0.1, -0.05) is 0 Å². The van der Waals surface area contributed by atoms with E-state index < -0.39 is 5.41 Å². The number of ether oxygens (including phenoxy) is 3. The molecule has 8 nitrogen and oxygen atoms in total. The Labute approximate surface area is 191 Å². The van der Waals surface area contributed by atoms with Crippen LogP contribution in [0.4, 0.5) is 0 Å². The van der Waals surface area contributed by atoms with Crippen molar-refractivity contribution in [3.63, 3.8) is 0 Å². The summed E-state index contributed by atoms with van der Waals surface area (Å²) in [7, 11) is 0. The Balaban J connectivity index is 1.61. The molecular formula is C25H24N4O4. The predicted octanol–water partition coefficient (Wildman–Crippen LogP) is 3.26. The Morgan fingerprint density at radius 3 is 1.33 bits per heavy atom. The fourth-order valence-electron chi connectivity index (χ4n) is 3.21. The monoisotopic (exact) mass is 444 g/mol. The average Bonchev–Trinajstić information content (AvgIpc) is 2.88. The molecule has 0 amide bonds. The largest absolute Gasteiger partial charge is 0.493 e. The number of hydrogen-bond acceptors (Lipinski definition) is 7. The van der Waals surface area contributed by atoms with Gasteiger partial charge in [0.1, 0.15) is 37.1 Å². The second-order valence-corrected chi connectivity index (χ2v) is 7.62. The molecule has 0 N–H and O–H groups in total. The predicted molar refractivity (Wildman–Crippen MR) is 122 cm³/mol. The van der Waals surface area contributed by atoms with Gasteiger partial charge in [0.2, 0.25) is 0 Å².